The molecule has 6 nitrogen and oxygen atoms in total. The van der Waals surface area contributed by atoms with E-state index >= 15 is 0 Å². The van der Waals surface area contributed by atoms with Gasteiger partial charge in [0.1, 0.15) is 29.6 Å². The van der Waals surface area contributed by atoms with Crippen LogP contribution in [0.2, 0.25) is 5.02 Å². The molecule has 3 aromatic rings. The van der Waals surface area contributed by atoms with Crippen molar-refractivity contribution in [1.82, 2.24) is 9.80 Å². The maximum atomic E-state index is 11.7. The van der Waals surface area contributed by atoms with Gasteiger partial charge in [0.25, 0.3) is 0 Å². The molecule has 0 radical (unpaired) electrons. The van der Waals surface area contributed by atoms with Gasteiger partial charge in [-0.05, 0) is 119 Å². The third-order valence-electron chi connectivity index (χ3n) is 10.6. The summed E-state index contributed by atoms with van der Waals surface area (Å²) in [6, 6.07) is 18.2. The first kappa shape index (κ1) is 33.8. The van der Waals surface area contributed by atoms with Crippen molar-refractivity contribution < 1.29 is 19.0 Å². The Kier molecular flexibility index (Phi) is 11.1. The second-order valence-corrected chi connectivity index (χ2v) is 14.1. The summed E-state index contributed by atoms with van der Waals surface area (Å²) < 4.78 is 19.1. The summed E-state index contributed by atoms with van der Waals surface area (Å²) in [4.78, 5) is 16.6. The number of carbonyl (C=O) groups excluding carboxylic acids is 1. The van der Waals surface area contributed by atoms with E-state index in [2.05, 4.69) is 67.0 Å². The Balaban J connectivity index is 1.16. The van der Waals surface area contributed by atoms with E-state index in [1.165, 1.54) is 40.7 Å². The number of carbonyl (C=O) groups is 1. The zero-order chi connectivity index (χ0) is 32.9. The van der Waals surface area contributed by atoms with Crippen molar-refractivity contribution in [3.63, 3.8) is 0 Å². The molecule has 2 fully saturated rings. The highest BCUT2D eigenvalue weighted by atomic mass is 35.5. The monoisotopic (exact) mass is 658 g/mol. The number of rotatable bonds is 13. The topological polar surface area (TPSA) is 51.2 Å². The Morgan fingerprint density at radius 1 is 0.915 bits per heavy atom. The third-order valence-corrected chi connectivity index (χ3v) is 10.9. The van der Waals surface area contributed by atoms with Crippen molar-refractivity contribution in [2.75, 3.05) is 26.3 Å². The van der Waals surface area contributed by atoms with Crippen molar-refractivity contribution >= 4 is 17.9 Å². The number of benzene rings is 3. The van der Waals surface area contributed by atoms with Crippen LogP contribution < -0.4 is 14.2 Å². The fraction of sp³-hybridized carbons (Fsp3) is 0.525. The fourth-order valence-electron chi connectivity index (χ4n) is 7.99. The Morgan fingerprint density at radius 3 is 2.49 bits per heavy atom. The fourth-order valence-corrected chi connectivity index (χ4v) is 8.22. The van der Waals surface area contributed by atoms with E-state index < -0.39 is 0 Å². The molecule has 0 bridgehead atoms. The van der Waals surface area contributed by atoms with Gasteiger partial charge in [-0.25, -0.2) is 0 Å². The van der Waals surface area contributed by atoms with Crippen LogP contribution in [0.15, 0.2) is 48.5 Å². The van der Waals surface area contributed by atoms with Gasteiger partial charge in [-0.3, -0.25) is 9.80 Å². The summed E-state index contributed by atoms with van der Waals surface area (Å²) in [6.45, 7) is 12.7. The van der Waals surface area contributed by atoms with E-state index in [-0.39, 0.29) is 12.1 Å². The maximum absolute atomic E-state index is 11.7. The highest BCUT2D eigenvalue weighted by Gasteiger charge is 2.30. The summed E-state index contributed by atoms with van der Waals surface area (Å²) in [5.41, 5.74) is 7.18. The van der Waals surface area contributed by atoms with E-state index in [1.54, 1.807) is 0 Å². The van der Waals surface area contributed by atoms with Gasteiger partial charge in [0.05, 0.1) is 24.3 Å². The van der Waals surface area contributed by atoms with Gasteiger partial charge >= 0.3 is 0 Å². The van der Waals surface area contributed by atoms with Gasteiger partial charge in [0.15, 0.2) is 0 Å². The zero-order valence-corrected chi connectivity index (χ0v) is 29.4. The SMILES string of the molecule is CCOc1cc(O[C@H]2CCc3c(-c4cccc(OCCCN5C(C)CC[C@H]5C)c4C)cccc32)c(Cl)cc1CN1CCCC[C@H]1C=O. The number of halogens is 1. The first-order chi connectivity index (χ1) is 22.9. The average molecular weight is 659 g/mol. The van der Waals surface area contributed by atoms with Crippen LogP contribution in [0, 0.1) is 6.92 Å². The molecule has 2 aliphatic heterocycles. The average Bonchev–Trinajstić information content (AvgIpc) is 3.64. The molecule has 252 valence electrons. The summed E-state index contributed by atoms with van der Waals surface area (Å²) in [6.07, 6.45) is 9.51. The minimum atomic E-state index is -0.0978. The highest BCUT2D eigenvalue weighted by molar-refractivity contribution is 6.32. The molecule has 0 N–H and O–H groups in total. The first-order valence-corrected chi connectivity index (χ1v) is 18.2. The van der Waals surface area contributed by atoms with Crippen LogP contribution in [0.4, 0.5) is 0 Å². The van der Waals surface area contributed by atoms with E-state index in [4.69, 9.17) is 25.8 Å². The summed E-state index contributed by atoms with van der Waals surface area (Å²) in [5, 5.41) is 0.571. The standard InChI is InChI=1S/C40H51ClN2O4/c1-5-45-39-24-40(36(41)23-30(39)25-42-20-7-6-11-31(42)26-44)47-38-19-18-34-33(13-8-14-35(34)38)32-12-9-15-37(29(32)4)46-22-10-21-43-27(2)16-17-28(43)3/h8-9,12-15,23-24,26-28,31,38H,5-7,10-11,16-22,25H2,1-4H3/t27-,28?,31+,38+/m1/s1. The second kappa shape index (κ2) is 15.4. The molecule has 3 aliphatic rings. The lowest BCUT2D eigenvalue weighted by molar-refractivity contribution is -0.113. The van der Waals surface area contributed by atoms with Gasteiger partial charge in [-0.1, -0.05) is 48.4 Å². The van der Waals surface area contributed by atoms with Gasteiger partial charge in [0.2, 0.25) is 0 Å². The molecule has 7 heteroatoms. The predicted molar refractivity (Wildman–Crippen MR) is 190 cm³/mol. The molecule has 0 amide bonds. The number of nitrogens with zero attached hydrogens (tertiary/aromatic N) is 2. The van der Waals surface area contributed by atoms with E-state index in [0.717, 1.165) is 81.6 Å². The maximum Gasteiger partial charge on any atom is 0.142 e. The number of piperidine rings is 1. The lowest BCUT2D eigenvalue weighted by Crippen LogP contribution is -2.39. The molecule has 3 aromatic carbocycles. The molecule has 0 saturated carbocycles. The minimum Gasteiger partial charge on any atom is -0.493 e. The summed E-state index contributed by atoms with van der Waals surface area (Å²) in [5.74, 6) is 2.37. The van der Waals surface area contributed by atoms with Gasteiger partial charge in [0, 0.05) is 36.8 Å². The van der Waals surface area contributed by atoms with Crippen LogP contribution in [0.5, 0.6) is 17.2 Å². The van der Waals surface area contributed by atoms with Crippen LogP contribution in [0.1, 0.15) is 94.1 Å². The molecule has 0 aromatic heterocycles. The van der Waals surface area contributed by atoms with Crippen molar-refractivity contribution in [2.45, 2.75) is 110 Å². The number of aldehydes is 1. The van der Waals surface area contributed by atoms with Crippen LogP contribution in [-0.2, 0) is 17.8 Å². The molecule has 6 rings (SSSR count). The van der Waals surface area contributed by atoms with Crippen LogP contribution in [0.3, 0.4) is 0 Å². The lowest BCUT2D eigenvalue weighted by atomic mass is 9.93. The number of fused-ring (bicyclic) bond motifs is 1. The molecule has 2 heterocycles. The summed E-state index contributed by atoms with van der Waals surface area (Å²) >= 11 is 6.88. The van der Waals surface area contributed by atoms with Crippen molar-refractivity contribution in [3.8, 4) is 28.4 Å². The zero-order valence-electron chi connectivity index (χ0n) is 28.6. The smallest absolute Gasteiger partial charge is 0.142 e. The molecule has 1 aliphatic carbocycles. The van der Waals surface area contributed by atoms with Gasteiger partial charge < -0.3 is 19.0 Å². The summed E-state index contributed by atoms with van der Waals surface area (Å²) in [7, 11) is 0. The Morgan fingerprint density at radius 2 is 1.70 bits per heavy atom. The predicted octanol–water partition coefficient (Wildman–Crippen LogP) is 8.98. The largest absolute Gasteiger partial charge is 0.493 e. The van der Waals surface area contributed by atoms with Crippen LogP contribution in [0.25, 0.3) is 11.1 Å². The Hall–Kier alpha value is -3.06. The quantitative estimate of drug-likeness (QED) is 0.135. The first-order valence-electron chi connectivity index (χ1n) is 17.8. The highest BCUT2D eigenvalue weighted by Crippen LogP contribution is 2.44. The molecule has 0 spiro atoms. The lowest BCUT2D eigenvalue weighted by Gasteiger charge is -2.32. The molecular weight excluding hydrogens is 608 g/mol. The van der Waals surface area contributed by atoms with Crippen molar-refractivity contribution in [1.29, 1.82) is 0 Å². The number of likely N-dealkylation sites (tertiary alicyclic amines) is 2. The van der Waals surface area contributed by atoms with Gasteiger partial charge in [-0.2, -0.15) is 0 Å². The minimum absolute atomic E-state index is 0.0550. The molecule has 2 saturated heterocycles. The Bertz CT molecular complexity index is 1530. The van der Waals surface area contributed by atoms with Crippen molar-refractivity contribution in [3.05, 3.63) is 75.8 Å². The molecule has 4 atom stereocenters. The Labute approximate surface area is 286 Å². The van der Waals surface area contributed by atoms with Gasteiger partial charge in [-0.15, -0.1) is 0 Å². The number of ether oxygens (including phenoxy) is 3. The normalized spacial score (nSPS) is 23.1. The second-order valence-electron chi connectivity index (χ2n) is 13.7. The van der Waals surface area contributed by atoms with E-state index in [9.17, 15) is 4.79 Å². The van der Waals surface area contributed by atoms with Crippen LogP contribution in [-0.4, -0.2) is 60.5 Å². The van der Waals surface area contributed by atoms with E-state index in [0.29, 0.717) is 36.0 Å². The van der Waals surface area contributed by atoms with E-state index in [1.807, 2.05) is 19.1 Å². The number of hydrogen-bond donors (Lipinski definition) is 0. The third kappa shape index (κ3) is 7.50. The van der Waals surface area contributed by atoms with Crippen molar-refractivity contribution in [2.24, 2.45) is 0 Å². The number of hydrogen-bond acceptors (Lipinski definition) is 6. The van der Waals surface area contributed by atoms with Crippen LogP contribution >= 0.6 is 11.6 Å². The molecule has 1 unspecified atom stereocenters. The molecule has 47 heavy (non-hydrogen) atoms. The molecular formula is C40H51ClN2O4.